The zero-order valence-corrected chi connectivity index (χ0v) is 11.2. The molecule has 1 aliphatic rings. The number of aryl methyl sites for hydroxylation is 1. The van der Waals surface area contributed by atoms with Crippen molar-refractivity contribution in [1.82, 2.24) is 5.32 Å². The van der Waals surface area contributed by atoms with Gasteiger partial charge in [-0.3, -0.25) is 0 Å². The van der Waals surface area contributed by atoms with Crippen molar-refractivity contribution < 1.29 is 5.11 Å². The molecule has 2 aromatic rings. The van der Waals surface area contributed by atoms with Crippen molar-refractivity contribution in [3.63, 3.8) is 0 Å². The summed E-state index contributed by atoms with van der Waals surface area (Å²) >= 11 is 1.74. The van der Waals surface area contributed by atoms with Gasteiger partial charge in [-0.2, -0.15) is 11.3 Å². The Bertz CT molecular complexity index is 535. The molecule has 0 bridgehead atoms. The van der Waals surface area contributed by atoms with Crippen LogP contribution in [0.5, 0.6) is 5.75 Å². The monoisotopic (exact) mass is 259 g/mol. The van der Waals surface area contributed by atoms with Gasteiger partial charge < -0.3 is 10.4 Å². The minimum absolute atomic E-state index is 0.375. The number of phenols is 1. The van der Waals surface area contributed by atoms with Crippen molar-refractivity contribution in [2.24, 2.45) is 0 Å². The molecule has 2 N–H and O–H groups in total. The molecule has 2 unspecified atom stereocenters. The van der Waals surface area contributed by atoms with Crippen LogP contribution in [0.1, 0.15) is 42.1 Å². The van der Waals surface area contributed by atoms with Crippen LogP contribution >= 0.6 is 11.3 Å². The Hall–Kier alpha value is -1.32. The summed E-state index contributed by atoms with van der Waals surface area (Å²) in [5.41, 5.74) is 3.98. The third-order valence-electron chi connectivity index (χ3n) is 3.70. The summed E-state index contributed by atoms with van der Waals surface area (Å²) in [4.78, 5) is 0. The van der Waals surface area contributed by atoms with Crippen LogP contribution in [0.3, 0.4) is 0 Å². The minimum atomic E-state index is 0.375. The fourth-order valence-electron chi connectivity index (χ4n) is 2.70. The molecule has 94 valence electrons. The van der Waals surface area contributed by atoms with E-state index in [4.69, 9.17) is 0 Å². The van der Waals surface area contributed by atoms with Gasteiger partial charge in [-0.05, 0) is 65.4 Å². The van der Waals surface area contributed by atoms with Gasteiger partial charge >= 0.3 is 0 Å². The maximum atomic E-state index is 9.50. The Morgan fingerprint density at radius 1 is 1.39 bits per heavy atom. The summed E-state index contributed by atoms with van der Waals surface area (Å²) in [5.74, 6) is 0.375. The topological polar surface area (TPSA) is 32.3 Å². The maximum absolute atomic E-state index is 9.50. The Kier molecular flexibility index (Phi) is 3.10. The molecule has 1 aliphatic carbocycles. The Morgan fingerprint density at radius 2 is 2.28 bits per heavy atom. The lowest BCUT2D eigenvalue weighted by molar-refractivity contribution is 0.464. The average Bonchev–Trinajstić information content (AvgIpc) is 2.98. The number of hydrogen-bond donors (Lipinski definition) is 2. The number of fused-ring (bicyclic) bond motifs is 1. The Labute approximate surface area is 111 Å². The standard InChI is InChI=1S/C15H17NOS/c1-10(12-6-7-18-9-12)16-15-5-2-11-8-13(17)3-4-14(11)15/h3-4,6-10,15-17H,2,5H2,1H3. The number of thiophene rings is 1. The lowest BCUT2D eigenvalue weighted by Crippen LogP contribution is -2.22. The summed E-state index contributed by atoms with van der Waals surface area (Å²) in [6, 6.07) is 8.70. The molecule has 1 aromatic carbocycles. The Morgan fingerprint density at radius 3 is 3.06 bits per heavy atom. The second kappa shape index (κ2) is 4.75. The van der Waals surface area contributed by atoms with Crippen molar-refractivity contribution in [1.29, 1.82) is 0 Å². The number of aromatic hydroxyl groups is 1. The maximum Gasteiger partial charge on any atom is 0.115 e. The smallest absolute Gasteiger partial charge is 0.115 e. The largest absolute Gasteiger partial charge is 0.508 e. The summed E-state index contributed by atoms with van der Waals surface area (Å²) in [6.45, 7) is 2.21. The van der Waals surface area contributed by atoms with Crippen molar-refractivity contribution in [2.45, 2.75) is 31.8 Å². The van der Waals surface area contributed by atoms with E-state index in [2.05, 4.69) is 35.1 Å². The first kappa shape index (κ1) is 11.8. The van der Waals surface area contributed by atoms with Crippen LogP contribution in [-0.2, 0) is 6.42 Å². The molecule has 2 atom stereocenters. The van der Waals surface area contributed by atoms with Gasteiger partial charge in [-0.15, -0.1) is 0 Å². The third kappa shape index (κ3) is 2.16. The van der Waals surface area contributed by atoms with Crippen molar-refractivity contribution in [3.05, 3.63) is 51.7 Å². The van der Waals surface area contributed by atoms with E-state index in [1.165, 1.54) is 16.7 Å². The average molecular weight is 259 g/mol. The van der Waals surface area contributed by atoms with Crippen LogP contribution in [-0.4, -0.2) is 5.11 Å². The van der Waals surface area contributed by atoms with Crippen LogP contribution in [0.4, 0.5) is 0 Å². The molecule has 0 saturated heterocycles. The predicted octanol–water partition coefficient (Wildman–Crippen LogP) is 3.79. The van der Waals surface area contributed by atoms with Gasteiger partial charge in [0.25, 0.3) is 0 Å². The first-order chi connectivity index (χ1) is 8.74. The van der Waals surface area contributed by atoms with Gasteiger partial charge in [0.05, 0.1) is 0 Å². The highest BCUT2D eigenvalue weighted by molar-refractivity contribution is 7.07. The summed E-state index contributed by atoms with van der Waals surface area (Å²) in [6.07, 6.45) is 2.17. The van der Waals surface area contributed by atoms with Crippen LogP contribution < -0.4 is 5.32 Å². The van der Waals surface area contributed by atoms with E-state index < -0.39 is 0 Å². The summed E-state index contributed by atoms with van der Waals surface area (Å²) in [7, 11) is 0. The van der Waals surface area contributed by atoms with Crippen LogP contribution in [0.15, 0.2) is 35.0 Å². The lowest BCUT2D eigenvalue weighted by Gasteiger charge is -2.19. The molecular formula is C15H17NOS. The third-order valence-corrected chi connectivity index (χ3v) is 4.40. The number of phenolic OH excluding ortho intramolecular Hbond substituents is 1. The molecule has 3 heteroatoms. The van der Waals surface area contributed by atoms with Crippen molar-refractivity contribution in [2.75, 3.05) is 0 Å². The molecule has 0 amide bonds. The van der Waals surface area contributed by atoms with E-state index in [0.717, 1.165) is 12.8 Å². The second-order valence-corrected chi connectivity index (χ2v) is 5.70. The van der Waals surface area contributed by atoms with Gasteiger partial charge in [0.1, 0.15) is 5.75 Å². The van der Waals surface area contributed by atoms with Gasteiger partial charge in [-0.1, -0.05) is 6.07 Å². The summed E-state index contributed by atoms with van der Waals surface area (Å²) < 4.78 is 0. The highest BCUT2D eigenvalue weighted by atomic mass is 32.1. The fourth-order valence-corrected chi connectivity index (χ4v) is 3.45. The molecular weight excluding hydrogens is 242 g/mol. The SMILES string of the molecule is CC(NC1CCc2cc(O)ccc21)c1ccsc1. The Balaban J connectivity index is 1.77. The number of hydrogen-bond acceptors (Lipinski definition) is 3. The van der Waals surface area contributed by atoms with Crippen LogP contribution in [0.2, 0.25) is 0 Å². The van der Waals surface area contributed by atoms with E-state index >= 15 is 0 Å². The van der Waals surface area contributed by atoms with E-state index in [1.54, 1.807) is 17.4 Å². The van der Waals surface area contributed by atoms with Crippen molar-refractivity contribution >= 4 is 11.3 Å². The quantitative estimate of drug-likeness (QED) is 0.879. The first-order valence-corrected chi connectivity index (χ1v) is 7.28. The zero-order chi connectivity index (χ0) is 12.5. The van der Waals surface area contributed by atoms with Gasteiger partial charge in [0.15, 0.2) is 0 Å². The highest BCUT2D eigenvalue weighted by Crippen LogP contribution is 2.34. The van der Waals surface area contributed by atoms with E-state index in [-0.39, 0.29) is 0 Å². The number of rotatable bonds is 3. The van der Waals surface area contributed by atoms with E-state index in [0.29, 0.717) is 17.8 Å². The normalized spacial score (nSPS) is 19.7. The lowest BCUT2D eigenvalue weighted by atomic mass is 10.1. The van der Waals surface area contributed by atoms with Gasteiger partial charge in [0, 0.05) is 12.1 Å². The van der Waals surface area contributed by atoms with Crippen LogP contribution in [0, 0.1) is 0 Å². The van der Waals surface area contributed by atoms with E-state index in [9.17, 15) is 5.11 Å². The fraction of sp³-hybridized carbons (Fsp3) is 0.333. The van der Waals surface area contributed by atoms with Gasteiger partial charge in [0.2, 0.25) is 0 Å². The van der Waals surface area contributed by atoms with Crippen LogP contribution in [0.25, 0.3) is 0 Å². The molecule has 0 spiro atoms. The molecule has 1 heterocycles. The highest BCUT2D eigenvalue weighted by Gasteiger charge is 2.24. The molecule has 2 nitrogen and oxygen atoms in total. The number of benzene rings is 1. The molecule has 0 saturated carbocycles. The second-order valence-electron chi connectivity index (χ2n) is 4.92. The molecule has 3 rings (SSSR count). The molecule has 0 radical (unpaired) electrons. The minimum Gasteiger partial charge on any atom is -0.508 e. The number of nitrogens with one attached hydrogen (secondary N) is 1. The first-order valence-electron chi connectivity index (χ1n) is 6.34. The molecule has 0 aliphatic heterocycles. The summed E-state index contributed by atoms with van der Waals surface area (Å²) in [5, 5.41) is 17.5. The predicted molar refractivity (Wildman–Crippen MR) is 75.0 cm³/mol. The molecule has 0 fully saturated rings. The van der Waals surface area contributed by atoms with Gasteiger partial charge in [-0.25, -0.2) is 0 Å². The molecule has 18 heavy (non-hydrogen) atoms. The zero-order valence-electron chi connectivity index (χ0n) is 10.4. The van der Waals surface area contributed by atoms with E-state index in [1.807, 2.05) is 6.07 Å². The van der Waals surface area contributed by atoms with Crippen molar-refractivity contribution in [3.8, 4) is 5.75 Å². The molecule has 1 aromatic heterocycles.